The number of thiophene rings is 1. The van der Waals surface area contributed by atoms with Gasteiger partial charge in [-0.15, -0.1) is 11.3 Å². The molecule has 2 aromatic heterocycles. The maximum atomic E-state index is 10.8. The van der Waals surface area contributed by atoms with Crippen molar-refractivity contribution in [1.82, 2.24) is 9.97 Å². The van der Waals surface area contributed by atoms with Crippen LogP contribution in [0.5, 0.6) is 0 Å². The number of nitrogens with zero attached hydrogens (tertiary/aromatic N) is 1. The molecule has 2 aromatic rings. The van der Waals surface area contributed by atoms with Crippen LogP contribution in [0.25, 0.3) is 10.6 Å². The van der Waals surface area contributed by atoms with E-state index in [4.69, 9.17) is 5.11 Å². The molecule has 4 nitrogen and oxygen atoms in total. The number of carboxylic acid groups (broad SMARTS) is 1. The lowest BCUT2D eigenvalue weighted by Crippen LogP contribution is -2.01. The van der Waals surface area contributed by atoms with Crippen molar-refractivity contribution in [2.75, 3.05) is 0 Å². The molecule has 0 spiro atoms. The number of carboxylic acids is 1. The molecule has 0 fully saturated rings. The largest absolute Gasteiger partial charge is 0.481 e. The van der Waals surface area contributed by atoms with E-state index in [1.54, 1.807) is 11.3 Å². The number of aromatic nitrogens is 2. The molecule has 90 valence electrons. The molecular formula is C12H14N2O2S. The van der Waals surface area contributed by atoms with Gasteiger partial charge < -0.3 is 10.1 Å². The van der Waals surface area contributed by atoms with Crippen LogP contribution in [0.4, 0.5) is 0 Å². The fourth-order valence-corrected chi connectivity index (χ4v) is 2.34. The van der Waals surface area contributed by atoms with Crippen LogP contribution in [-0.2, 0) is 11.2 Å². The van der Waals surface area contributed by atoms with Crippen LogP contribution in [0, 0.1) is 0 Å². The first-order valence-corrected chi connectivity index (χ1v) is 6.30. The Morgan fingerprint density at radius 3 is 2.88 bits per heavy atom. The highest BCUT2D eigenvalue weighted by Gasteiger charge is 2.16. The normalized spacial score (nSPS) is 11.0. The average Bonchev–Trinajstić information content (AvgIpc) is 2.83. The maximum absolute atomic E-state index is 10.8. The van der Waals surface area contributed by atoms with Crippen LogP contribution in [0.15, 0.2) is 17.5 Å². The fraction of sp³-hybridized carbons (Fsp3) is 0.333. The second-order valence-corrected chi connectivity index (χ2v) is 5.10. The van der Waals surface area contributed by atoms with E-state index in [9.17, 15) is 4.79 Å². The third-order valence-corrected chi connectivity index (χ3v) is 3.30. The van der Waals surface area contributed by atoms with Gasteiger partial charge in [0, 0.05) is 5.92 Å². The summed E-state index contributed by atoms with van der Waals surface area (Å²) in [7, 11) is 0. The predicted octanol–water partition coefficient (Wildman–Crippen LogP) is 2.89. The summed E-state index contributed by atoms with van der Waals surface area (Å²) in [6, 6.07) is 3.89. The van der Waals surface area contributed by atoms with Crippen molar-refractivity contribution in [3.63, 3.8) is 0 Å². The highest BCUT2D eigenvalue weighted by Crippen LogP contribution is 2.28. The first-order chi connectivity index (χ1) is 8.08. The number of nitrogens with one attached hydrogen (secondary N) is 1. The minimum Gasteiger partial charge on any atom is -0.481 e. The molecule has 5 heteroatoms. The summed E-state index contributed by atoms with van der Waals surface area (Å²) in [6.45, 7) is 4.06. The number of aromatic amines is 1. The monoisotopic (exact) mass is 250 g/mol. The highest BCUT2D eigenvalue weighted by atomic mass is 32.1. The van der Waals surface area contributed by atoms with Gasteiger partial charge in [0.2, 0.25) is 0 Å². The molecule has 2 N–H and O–H groups in total. The second-order valence-electron chi connectivity index (χ2n) is 4.15. The van der Waals surface area contributed by atoms with Crippen LogP contribution in [-0.4, -0.2) is 21.0 Å². The molecule has 2 rings (SSSR count). The molecule has 17 heavy (non-hydrogen) atoms. The number of H-pyrrole nitrogens is 1. The maximum Gasteiger partial charge on any atom is 0.309 e. The van der Waals surface area contributed by atoms with Gasteiger partial charge in [0.1, 0.15) is 11.5 Å². The van der Waals surface area contributed by atoms with Crippen molar-refractivity contribution in [3.05, 3.63) is 29.0 Å². The molecule has 0 amide bonds. The molecule has 0 aliphatic carbocycles. The Balaban J connectivity index is 2.44. The number of aliphatic carboxylic acids is 1. The van der Waals surface area contributed by atoms with Crippen molar-refractivity contribution < 1.29 is 9.90 Å². The third kappa shape index (κ3) is 2.55. The van der Waals surface area contributed by atoms with E-state index in [-0.39, 0.29) is 12.3 Å². The lowest BCUT2D eigenvalue weighted by Gasteiger charge is -1.97. The summed E-state index contributed by atoms with van der Waals surface area (Å²) in [5.41, 5.74) is 1.45. The number of hydrogen-bond donors (Lipinski definition) is 2. The minimum absolute atomic E-state index is 0.0209. The van der Waals surface area contributed by atoms with Crippen molar-refractivity contribution in [1.29, 1.82) is 0 Å². The van der Waals surface area contributed by atoms with Crippen molar-refractivity contribution >= 4 is 17.3 Å². The molecule has 0 aliphatic heterocycles. The van der Waals surface area contributed by atoms with Crippen LogP contribution >= 0.6 is 11.3 Å². The first kappa shape index (κ1) is 11.9. The Kier molecular flexibility index (Phi) is 3.28. The van der Waals surface area contributed by atoms with E-state index >= 15 is 0 Å². The summed E-state index contributed by atoms with van der Waals surface area (Å²) < 4.78 is 0. The smallest absolute Gasteiger partial charge is 0.309 e. The van der Waals surface area contributed by atoms with Gasteiger partial charge in [-0.05, 0) is 11.4 Å². The van der Waals surface area contributed by atoms with E-state index in [2.05, 4.69) is 9.97 Å². The Bertz CT molecular complexity index is 515. The quantitative estimate of drug-likeness (QED) is 0.876. The van der Waals surface area contributed by atoms with Gasteiger partial charge >= 0.3 is 5.97 Å². The number of imidazole rings is 1. The van der Waals surface area contributed by atoms with E-state index in [0.717, 1.165) is 16.4 Å². The fourth-order valence-electron chi connectivity index (χ4n) is 1.60. The lowest BCUT2D eigenvalue weighted by atomic mass is 10.2. The number of rotatable bonds is 4. The number of carbonyl (C=O) groups is 1. The van der Waals surface area contributed by atoms with Gasteiger partial charge in [0.25, 0.3) is 0 Å². The van der Waals surface area contributed by atoms with Crippen LogP contribution in [0.1, 0.15) is 31.3 Å². The van der Waals surface area contributed by atoms with E-state index in [1.165, 1.54) is 0 Å². The summed E-state index contributed by atoms with van der Waals surface area (Å²) in [5, 5.41) is 10.9. The molecular weight excluding hydrogens is 236 g/mol. The Morgan fingerprint density at radius 1 is 1.59 bits per heavy atom. The van der Waals surface area contributed by atoms with E-state index in [1.807, 2.05) is 31.4 Å². The van der Waals surface area contributed by atoms with Gasteiger partial charge in [-0.1, -0.05) is 19.9 Å². The van der Waals surface area contributed by atoms with Crippen molar-refractivity contribution in [3.8, 4) is 10.6 Å². The summed E-state index contributed by atoms with van der Waals surface area (Å²) in [4.78, 5) is 19.4. The zero-order chi connectivity index (χ0) is 12.4. The Morgan fingerprint density at radius 2 is 2.35 bits per heavy atom. The van der Waals surface area contributed by atoms with Gasteiger partial charge in [0.05, 0.1) is 17.0 Å². The first-order valence-electron chi connectivity index (χ1n) is 5.42. The molecule has 0 bridgehead atoms. The minimum atomic E-state index is -0.846. The van der Waals surface area contributed by atoms with Crippen molar-refractivity contribution in [2.45, 2.75) is 26.2 Å². The predicted molar refractivity (Wildman–Crippen MR) is 67.3 cm³/mol. The highest BCUT2D eigenvalue weighted by molar-refractivity contribution is 7.13. The summed E-state index contributed by atoms with van der Waals surface area (Å²) in [6.07, 6.45) is -0.0209. The topological polar surface area (TPSA) is 66.0 Å². The van der Waals surface area contributed by atoms with E-state index in [0.29, 0.717) is 5.69 Å². The zero-order valence-corrected chi connectivity index (χ0v) is 10.5. The van der Waals surface area contributed by atoms with Gasteiger partial charge in [0.15, 0.2) is 0 Å². The van der Waals surface area contributed by atoms with Crippen LogP contribution in [0.2, 0.25) is 0 Å². The Labute approximate surface area is 103 Å². The standard InChI is InChI=1S/C12H14N2O2S/c1-7(2)12-13-8(6-10(15)16)11(14-12)9-4-3-5-17-9/h3-5,7H,6H2,1-2H3,(H,13,14)(H,15,16). The molecule has 0 saturated heterocycles. The summed E-state index contributed by atoms with van der Waals surface area (Å²) in [5.74, 6) is 0.252. The average molecular weight is 250 g/mol. The molecule has 0 radical (unpaired) electrons. The third-order valence-electron chi connectivity index (χ3n) is 2.43. The summed E-state index contributed by atoms with van der Waals surface area (Å²) >= 11 is 1.57. The zero-order valence-electron chi connectivity index (χ0n) is 9.73. The lowest BCUT2D eigenvalue weighted by molar-refractivity contribution is -0.136. The van der Waals surface area contributed by atoms with E-state index < -0.39 is 5.97 Å². The van der Waals surface area contributed by atoms with Crippen LogP contribution < -0.4 is 0 Å². The molecule has 2 heterocycles. The molecule has 0 aliphatic rings. The SMILES string of the molecule is CC(C)c1nc(-c2cccs2)c(CC(=O)O)[nH]1. The van der Waals surface area contributed by atoms with Crippen molar-refractivity contribution in [2.24, 2.45) is 0 Å². The number of hydrogen-bond acceptors (Lipinski definition) is 3. The molecule has 0 unspecified atom stereocenters. The van der Waals surface area contributed by atoms with Crippen LogP contribution in [0.3, 0.4) is 0 Å². The molecule has 0 atom stereocenters. The Hall–Kier alpha value is -1.62. The second kappa shape index (κ2) is 4.71. The van der Waals surface area contributed by atoms with Gasteiger partial charge in [-0.3, -0.25) is 4.79 Å². The molecule has 0 saturated carbocycles. The van der Waals surface area contributed by atoms with Gasteiger partial charge in [-0.2, -0.15) is 0 Å². The van der Waals surface area contributed by atoms with Gasteiger partial charge in [-0.25, -0.2) is 4.98 Å². The molecule has 0 aromatic carbocycles.